The van der Waals surface area contributed by atoms with E-state index in [-0.39, 0.29) is 6.04 Å². The van der Waals surface area contributed by atoms with Crippen LogP contribution in [-0.4, -0.2) is 64.9 Å². The van der Waals surface area contributed by atoms with Gasteiger partial charge in [0.2, 0.25) is 0 Å². The van der Waals surface area contributed by atoms with Crippen LogP contribution in [-0.2, 0) is 4.79 Å². The fraction of sp³-hybridized carbons (Fsp3) is 0.833. The van der Waals surface area contributed by atoms with E-state index in [2.05, 4.69) is 10.6 Å². The lowest BCUT2D eigenvalue weighted by molar-refractivity contribution is -0.141. The summed E-state index contributed by atoms with van der Waals surface area (Å²) in [4.78, 5) is 24.7. The zero-order chi connectivity index (χ0) is 14.4. The second-order valence-corrected chi connectivity index (χ2v) is 4.77. The highest BCUT2D eigenvalue weighted by molar-refractivity contribution is 5.83. The van der Waals surface area contributed by atoms with E-state index in [1.165, 1.54) is 6.92 Å². The first kappa shape index (κ1) is 15.7. The lowest BCUT2D eigenvalue weighted by atomic mass is 10.1. The predicted octanol–water partition coefficient (Wildman–Crippen LogP) is -0.396. The van der Waals surface area contributed by atoms with Crippen LogP contribution in [0.25, 0.3) is 0 Å². The molecule has 0 spiro atoms. The number of carboxylic acid groups (broad SMARTS) is 1. The molecule has 4 N–H and O–H groups in total. The maximum absolute atomic E-state index is 12.1. The molecule has 7 nitrogen and oxygen atoms in total. The summed E-state index contributed by atoms with van der Waals surface area (Å²) in [5, 5.41) is 23.9. The Morgan fingerprint density at radius 3 is 2.42 bits per heavy atom. The predicted molar refractivity (Wildman–Crippen MR) is 69.9 cm³/mol. The van der Waals surface area contributed by atoms with E-state index in [9.17, 15) is 14.7 Å². The molecule has 2 atom stereocenters. The summed E-state index contributed by atoms with van der Waals surface area (Å²) in [5.74, 6) is -1.23. The van der Waals surface area contributed by atoms with E-state index in [4.69, 9.17) is 5.11 Å². The van der Waals surface area contributed by atoms with Gasteiger partial charge in [-0.25, -0.2) is 9.59 Å². The first-order chi connectivity index (χ1) is 8.97. The quantitative estimate of drug-likeness (QED) is 0.546. The van der Waals surface area contributed by atoms with Crippen LogP contribution in [0, 0.1) is 0 Å². The molecular weight excluding hydrogens is 250 g/mol. The number of aliphatic carboxylic acids is 1. The summed E-state index contributed by atoms with van der Waals surface area (Å²) in [6, 6.07) is -1.58. The second-order valence-electron chi connectivity index (χ2n) is 4.77. The highest BCUT2D eigenvalue weighted by Gasteiger charge is 2.30. The topological polar surface area (TPSA) is 102 Å². The number of hydrogen-bond donors (Lipinski definition) is 4. The molecule has 0 aliphatic carbocycles. The Morgan fingerprint density at radius 1 is 1.42 bits per heavy atom. The smallest absolute Gasteiger partial charge is 0.328 e. The summed E-state index contributed by atoms with van der Waals surface area (Å²) in [6.45, 7) is 5.43. The van der Waals surface area contributed by atoms with Gasteiger partial charge in [-0.05, 0) is 39.8 Å². The molecule has 110 valence electrons. The van der Waals surface area contributed by atoms with Crippen molar-refractivity contribution in [2.45, 2.75) is 44.9 Å². The molecule has 1 aliphatic heterocycles. The monoisotopic (exact) mass is 273 g/mol. The first-order valence-electron chi connectivity index (χ1n) is 6.66. The van der Waals surface area contributed by atoms with Crippen molar-refractivity contribution < 1.29 is 19.8 Å². The molecule has 0 aromatic rings. The van der Waals surface area contributed by atoms with Crippen molar-refractivity contribution in [2.75, 3.05) is 19.6 Å². The summed E-state index contributed by atoms with van der Waals surface area (Å²) >= 11 is 0. The van der Waals surface area contributed by atoms with Gasteiger partial charge in [-0.15, -0.1) is 0 Å². The largest absolute Gasteiger partial charge is 0.480 e. The van der Waals surface area contributed by atoms with Gasteiger partial charge in [-0.3, -0.25) is 0 Å². The molecule has 19 heavy (non-hydrogen) atoms. The minimum absolute atomic E-state index is 0.120. The minimum atomic E-state index is -1.27. The minimum Gasteiger partial charge on any atom is -0.480 e. The van der Waals surface area contributed by atoms with Crippen molar-refractivity contribution >= 4 is 12.0 Å². The normalized spacial score (nSPS) is 19.5. The number of carbonyl (C=O) groups is 2. The molecule has 7 heteroatoms. The third kappa shape index (κ3) is 4.36. The van der Waals surface area contributed by atoms with Crippen LogP contribution in [0.15, 0.2) is 0 Å². The van der Waals surface area contributed by atoms with Crippen molar-refractivity contribution in [3.63, 3.8) is 0 Å². The van der Waals surface area contributed by atoms with Gasteiger partial charge in [-0.2, -0.15) is 0 Å². The Kier molecular flexibility index (Phi) is 6.04. The fourth-order valence-corrected chi connectivity index (χ4v) is 2.29. The van der Waals surface area contributed by atoms with Crippen LogP contribution < -0.4 is 10.6 Å². The molecule has 0 saturated carbocycles. The third-order valence-electron chi connectivity index (χ3n) is 3.38. The van der Waals surface area contributed by atoms with Gasteiger partial charge >= 0.3 is 12.0 Å². The Hall–Kier alpha value is -1.34. The average Bonchev–Trinajstić information content (AvgIpc) is 2.37. The number of nitrogens with one attached hydrogen (secondary N) is 2. The zero-order valence-corrected chi connectivity index (χ0v) is 11.4. The molecule has 0 aromatic heterocycles. The Balaban J connectivity index is 2.64. The summed E-state index contributed by atoms with van der Waals surface area (Å²) < 4.78 is 0. The molecule has 0 radical (unpaired) electrons. The van der Waals surface area contributed by atoms with E-state index >= 15 is 0 Å². The molecule has 0 bridgehead atoms. The number of nitrogens with zero attached hydrogens (tertiary/aromatic N) is 1. The van der Waals surface area contributed by atoms with E-state index in [1.807, 2.05) is 6.92 Å². The van der Waals surface area contributed by atoms with Gasteiger partial charge in [0.1, 0.15) is 0 Å². The lowest BCUT2D eigenvalue weighted by Crippen LogP contribution is -2.55. The van der Waals surface area contributed by atoms with Crippen LogP contribution >= 0.6 is 0 Å². The number of rotatable bonds is 5. The third-order valence-corrected chi connectivity index (χ3v) is 3.38. The second kappa shape index (κ2) is 7.30. The molecule has 0 unspecified atom stereocenters. The van der Waals surface area contributed by atoms with E-state index < -0.39 is 24.1 Å². The van der Waals surface area contributed by atoms with E-state index in [1.54, 1.807) is 4.90 Å². The van der Waals surface area contributed by atoms with Crippen molar-refractivity contribution in [1.29, 1.82) is 0 Å². The average molecular weight is 273 g/mol. The van der Waals surface area contributed by atoms with Gasteiger partial charge in [0.05, 0.1) is 6.10 Å². The Bertz CT molecular complexity index is 316. The number of aliphatic hydroxyl groups is 1. The number of amides is 2. The molecule has 1 fully saturated rings. The molecule has 1 saturated heterocycles. The van der Waals surface area contributed by atoms with Gasteiger partial charge in [0, 0.05) is 12.6 Å². The summed E-state index contributed by atoms with van der Waals surface area (Å²) in [6.07, 6.45) is 0.578. The highest BCUT2D eigenvalue weighted by atomic mass is 16.4. The lowest BCUT2D eigenvalue weighted by Gasteiger charge is -2.34. The molecule has 2 amide bonds. The van der Waals surface area contributed by atoms with Gasteiger partial charge in [0.25, 0.3) is 0 Å². The van der Waals surface area contributed by atoms with Crippen LogP contribution in [0.3, 0.4) is 0 Å². The van der Waals surface area contributed by atoms with E-state index in [0.29, 0.717) is 6.54 Å². The number of hydrogen-bond acceptors (Lipinski definition) is 4. The molecule has 0 aromatic carbocycles. The van der Waals surface area contributed by atoms with Gasteiger partial charge < -0.3 is 25.7 Å². The van der Waals surface area contributed by atoms with Crippen molar-refractivity contribution in [2.24, 2.45) is 0 Å². The maximum atomic E-state index is 12.1. The van der Waals surface area contributed by atoms with Crippen LogP contribution in [0.4, 0.5) is 4.79 Å². The van der Waals surface area contributed by atoms with Crippen molar-refractivity contribution in [1.82, 2.24) is 15.5 Å². The molecule has 1 heterocycles. The van der Waals surface area contributed by atoms with Crippen LogP contribution in [0.1, 0.15) is 26.7 Å². The Morgan fingerprint density at radius 2 is 2.00 bits per heavy atom. The van der Waals surface area contributed by atoms with Crippen molar-refractivity contribution in [3.05, 3.63) is 0 Å². The van der Waals surface area contributed by atoms with Crippen LogP contribution in [0.2, 0.25) is 0 Å². The molecule has 1 rings (SSSR count). The van der Waals surface area contributed by atoms with Crippen LogP contribution in [0.5, 0.6) is 0 Å². The summed E-state index contributed by atoms with van der Waals surface area (Å²) in [5.41, 5.74) is 0. The van der Waals surface area contributed by atoms with Gasteiger partial charge in [-0.1, -0.05) is 0 Å². The number of piperidine rings is 1. The SMILES string of the molecule is CCN(C(=O)N[C@H](C(=O)O)[C@@H](C)O)C1CCNCC1. The number of carbonyl (C=O) groups excluding carboxylic acids is 1. The first-order valence-corrected chi connectivity index (χ1v) is 6.66. The zero-order valence-electron chi connectivity index (χ0n) is 11.4. The fourth-order valence-electron chi connectivity index (χ4n) is 2.29. The Labute approximate surface area is 113 Å². The number of aliphatic hydroxyl groups excluding tert-OH is 1. The standard InChI is InChI=1S/C12H23N3O4/c1-3-15(9-4-6-13-7-5-9)12(19)14-10(8(2)16)11(17)18/h8-10,13,16H,3-7H2,1-2H3,(H,14,19)(H,17,18)/t8-,10+/m1/s1. The van der Waals surface area contributed by atoms with Gasteiger partial charge in [0.15, 0.2) is 6.04 Å². The molecular formula is C12H23N3O4. The number of carboxylic acids is 1. The maximum Gasteiger partial charge on any atom is 0.328 e. The number of urea groups is 1. The van der Waals surface area contributed by atoms with E-state index in [0.717, 1.165) is 25.9 Å². The molecule has 1 aliphatic rings. The highest BCUT2D eigenvalue weighted by Crippen LogP contribution is 2.12. The van der Waals surface area contributed by atoms with Crippen molar-refractivity contribution in [3.8, 4) is 0 Å². The summed E-state index contributed by atoms with van der Waals surface area (Å²) in [7, 11) is 0.